The fourth-order valence-electron chi connectivity index (χ4n) is 4.29. The van der Waals surface area contributed by atoms with Crippen molar-refractivity contribution < 1.29 is 26.4 Å². The summed E-state index contributed by atoms with van der Waals surface area (Å²) in [5.41, 5.74) is 1.14. The van der Waals surface area contributed by atoms with E-state index in [9.17, 15) is 26.4 Å². The number of nitrogens with zero attached hydrogens (tertiary/aromatic N) is 2. The van der Waals surface area contributed by atoms with Gasteiger partial charge in [0, 0.05) is 0 Å². The van der Waals surface area contributed by atoms with Gasteiger partial charge >= 0.3 is 182 Å². The molecule has 1 aliphatic heterocycles. The molecule has 1 amide bonds. The molecule has 0 spiro atoms. The molecule has 10 heteroatoms. The van der Waals surface area contributed by atoms with Crippen LogP contribution in [0.25, 0.3) is 0 Å². The Morgan fingerprint density at radius 2 is 1.75 bits per heavy atom. The fraction of sp³-hybridized carbons (Fsp3) is 0.682. The Bertz CT molecular complexity index is 911. The van der Waals surface area contributed by atoms with E-state index in [1.165, 1.54) is 10.4 Å². The first-order valence-electron chi connectivity index (χ1n) is 11.0. The average molecular weight is 535 g/mol. The Hall–Kier alpha value is -1.05. The number of rotatable bonds is 8. The van der Waals surface area contributed by atoms with Crippen molar-refractivity contribution in [2.45, 2.75) is 79.5 Å². The van der Waals surface area contributed by atoms with Crippen LogP contribution in [-0.2, 0) is 21.0 Å². The van der Waals surface area contributed by atoms with Crippen molar-refractivity contribution in [1.82, 2.24) is 9.21 Å². The SMILES string of the molecule is C[As][C@H](CC(C)C)C(=O)N1CCC(N(C2CC2)S(=O)(=O)c2cccc(C(F)(F)F)c2)CC1. The van der Waals surface area contributed by atoms with E-state index in [1.54, 1.807) is 0 Å². The normalized spacial score (nSPS) is 19.9. The molecule has 1 atom stereocenters. The number of hydrogen-bond acceptors (Lipinski definition) is 3. The van der Waals surface area contributed by atoms with Crippen LogP contribution in [0.3, 0.4) is 0 Å². The molecule has 2 fully saturated rings. The number of likely N-dealkylation sites (tertiary alicyclic amines) is 1. The number of sulfonamides is 1. The van der Waals surface area contributed by atoms with E-state index in [0.717, 1.165) is 24.6 Å². The van der Waals surface area contributed by atoms with Crippen molar-refractivity contribution in [3.05, 3.63) is 29.8 Å². The van der Waals surface area contributed by atoms with Crippen molar-refractivity contribution in [3.8, 4) is 0 Å². The summed E-state index contributed by atoms with van der Waals surface area (Å²) in [5.74, 6) is 0.609. The van der Waals surface area contributed by atoms with Gasteiger partial charge in [0.05, 0.1) is 0 Å². The van der Waals surface area contributed by atoms with Crippen molar-refractivity contribution in [3.63, 3.8) is 0 Å². The van der Waals surface area contributed by atoms with E-state index in [4.69, 9.17) is 0 Å². The first kappa shape index (κ1) is 25.6. The quantitative estimate of drug-likeness (QED) is 0.463. The Kier molecular flexibility index (Phi) is 8.04. The Morgan fingerprint density at radius 1 is 1.16 bits per heavy atom. The van der Waals surface area contributed by atoms with Crippen molar-refractivity contribution in [2.75, 3.05) is 13.1 Å². The monoisotopic (exact) mass is 535 g/mol. The van der Waals surface area contributed by atoms with Crippen LogP contribution in [0, 0.1) is 5.92 Å². The fourth-order valence-corrected chi connectivity index (χ4v) is 8.40. The average Bonchev–Trinajstić information content (AvgIpc) is 3.56. The summed E-state index contributed by atoms with van der Waals surface area (Å²) < 4.78 is 67.6. The predicted molar refractivity (Wildman–Crippen MR) is 118 cm³/mol. The maximum absolute atomic E-state index is 13.4. The van der Waals surface area contributed by atoms with Gasteiger partial charge in [0.25, 0.3) is 0 Å². The summed E-state index contributed by atoms with van der Waals surface area (Å²) in [6.45, 7) is 5.19. The number of carbonyl (C=O) groups excluding carboxylic acids is 1. The van der Waals surface area contributed by atoms with Gasteiger partial charge in [0.15, 0.2) is 0 Å². The summed E-state index contributed by atoms with van der Waals surface area (Å²) in [6, 6.07) is 3.52. The van der Waals surface area contributed by atoms with E-state index in [-0.39, 0.29) is 43.3 Å². The third kappa shape index (κ3) is 5.89. The second-order valence-electron chi connectivity index (χ2n) is 9.05. The number of hydrogen-bond donors (Lipinski definition) is 0. The molecule has 0 unspecified atom stereocenters. The molecular formula is C22H31AsF3N2O3S. The van der Waals surface area contributed by atoms with Crippen LogP contribution in [0.1, 0.15) is 51.5 Å². The summed E-state index contributed by atoms with van der Waals surface area (Å²) in [6.07, 6.45) is -1.28. The summed E-state index contributed by atoms with van der Waals surface area (Å²) in [5, 5.41) is 0. The molecule has 0 aromatic heterocycles. The minimum atomic E-state index is -4.60. The molecule has 179 valence electrons. The molecule has 3 rings (SSSR count). The van der Waals surface area contributed by atoms with Gasteiger partial charge in [-0.05, 0) is 0 Å². The molecule has 1 aromatic rings. The zero-order valence-corrected chi connectivity index (χ0v) is 21.4. The van der Waals surface area contributed by atoms with Gasteiger partial charge in [0.1, 0.15) is 0 Å². The first-order chi connectivity index (χ1) is 14.9. The minimum absolute atomic E-state index is 0.0659. The molecule has 2 aliphatic rings. The summed E-state index contributed by atoms with van der Waals surface area (Å²) in [7, 11) is -4.06. The number of carbonyl (C=O) groups is 1. The molecule has 1 radical (unpaired) electrons. The Balaban J connectivity index is 1.75. The molecular weight excluding hydrogens is 504 g/mol. The van der Waals surface area contributed by atoms with Gasteiger partial charge in [-0.1, -0.05) is 0 Å². The van der Waals surface area contributed by atoms with Crippen molar-refractivity contribution in [1.29, 1.82) is 0 Å². The Morgan fingerprint density at radius 3 is 2.25 bits per heavy atom. The molecule has 0 N–H and O–H groups in total. The predicted octanol–water partition coefficient (Wildman–Crippen LogP) is 4.44. The number of piperidine rings is 1. The zero-order valence-electron chi connectivity index (χ0n) is 18.7. The van der Waals surface area contributed by atoms with E-state index in [2.05, 4.69) is 19.6 Å². The topological polar surface area (TPSA) is 57.7 Å². The molecule has 1 aromatic carbocycles. The Labute approximate surface area is 195 Å². The van der Waals surface area contributed by atoms with Crippen LogP contribution < -0.4 is 0 Å². The van der Waals surface area contributed by atoms with Crippen LogP contribution in [0.15, 0.2) is 29.2 Å². The molecule has 32 heavy (non-hydrogen) atoms. The van der Waals surface area contributed by atoms with Crippen molar-refractivity contribution in [2.24, 2.45) is 5.92 Å². The molecule has 1 heterocycles. The summed E-state index contributed by atoms with van der Waals surface area (Å²) >= 11 is -0.0872. The first-order valence-corrected chi connectivity index (χ1v) is 15.4. The van der Waals surface area contributed by atoms with E-state index >= 15 is 0 Å². The molecule has 0 bridgehead atoms. The van der Waals surface area contributed by atoms with Gasteiger partial charge in [-0.15, -0.1) is 0 Å². The number of alkyl halides is 3. The number of benzene rings is 1. The third-order valence-corrected chi connectivity index (χ3v) is 10.3. The second-order valence-corrected chi connectivity index (χ2v) is 13.3. The van der Waals surface area contributed by atoms with Gasteiger partial charge in [0.2, 0.25) is 0 Å². The van der Waals surface area contributed by atoms with Crippen LogP contribution in [0.4, 0.5) is 13.2 Å². The zero-order chi connectivity index (χ0) is 23.7. The van der Waals surface area contributed by atoms with Crippen LogP contribution in [0.2, 0.25) is 10.4 Å². The van der Waals surface area contributed by atoms with Crippen molar-refractivity contribution >= 4 is 31.7 Å². The van der Waals surface area contributed by atoms with Crippen LogP contribution >= 0.6 is 0 Å². The van der Waals surface area contributed by atoms with Crippen LogP contribution in [0.5, 0.6) is 0 Å². The molecule has 5 nitrogen and oxygen atoms in total. The van der Waals surface area contributed by atoms with Gasteiger partial charge < -0.3 is 0 Å². The second kappa shape index (κ2) is 10.1. The maximum atomic E-state index is 13.4. The molecule has 1 saturated carbocycles. The number of amides is 1. The summed E-state index contributed by atoms with van der Waals surface area (Å²) in [4.78, 5) is 14.5. The standard InChI is InChI=1S/C22H31AsF3N2O3S/c1-15(2)13-20(23-3)21(29)27-11-9-18(10-12-27)28(17-7-8-17)32(30,31)19-6-4-5-16(14-19)22(24,25)26/h4-6,14-15,17-18,20H,7-13H2,1-3H3/t20-/m1/s1. The third-order valence-electron chi connectivity index (χ3n) is 6.07. The number of halogens is 3. The van der Waals surface area contributed by atoms with Gasteiger partial charge in [-0.2, -0.15) is 13.2 Å². The van der Waals surface area contributed by atoms with E-state index in [1.807, 2.05) is 4.90 Å². The molecule has 1 aliphatic carbocycles. The van der Waals surface area contributed by atoms with E-state index < -0.39 is 21.8 Å². The van der Waals surface area contributed by atoms with Gasteiger partial charge in [-0.3, -0.25) is 0 Å². The van der Waals surface area contributed by atoms with Crippen LogP contribution in [-0.4, -0.2) is 64.5 Å². The van der Waals surface area contributed by atoms with Gasteiger partial charge in [-0.25, -0.2) is 0 Å². The van der Waals surface area contributed by atoms with E-state index in [0.29, 0.717) is 44.7 Å². The molecule has 1 saturated heterocycles.